The summed E-state index contributed by atoms with van der Waals surface area (Å²) in [4.78, 5) is 4.45. The molecule has 1 aliphatic rings. The quantitative estimate of drug-likeness (QED) is 0.884. The molecule has 1 aromatic rings. The van der Waals surface area contributed by atoms with E-state index in [1.54, 1.807) is 11.3 Å². The van der Waals surface area contributed by atoms with Crippen LogP contribution in [0.3, 0.4) is 0 Å². The van der Waals surface area contributed by atoms with Gasteiger partial charge in [0.25, 0.3) is 0 Å². The third-order valence-corrected chi connectivity index (χ3v) is 5.40. The van der Waals surface area contributed by atoms with E-state index in [1.807, 2.05) is 18.7 Å². The molecule has 2 heterocycles. The first-order chi connectivity index (χ1) is 7.39. The summed E-state index contributed by atoms with van der Waals surface area (Å²) in [7, 11) is 0. The molecule has 1 unspecified atom stereocenters. The van der Waals surface area contributed by atoms with Gasteiger partial charge in [0.1, 0.15) is 0 Å². The highest BCUT2D eigenvalue weighted by Crippen LogP contribution is 2.40. The average Bonchev–Trinajstić information content (AvgIpc) is 2.47. The second-order valence-corrected chi connectivity index (χ2v) is 7.64. The number of aliphatic hydroxyl groups is 1. The highest BCUT2D eigenvalue weighted by Gasteiger charge is 2.39. The molecular formula is C12H19NOS2. The summed E-state index contributed by atoms with van der Waals surface area (Å²) in [6, 6.07) is 0. The highest BCUT2D eigenvalue weighted by molar-refractivity contribution is 7.99. The van der Waals surface area contributed by atoms with Crippen molar-refractivity contribution in [3.05, 3.63) is 16.1 Å². The first-order valence-electron chi connectivity index (χ1n) is 5.60. The zero-order chi connectivity index (χ0) is 11.8. The van der Waals surface area contributed by atoms with Crippen molar-refractivity contribution in [3.63, 3.8) is 0 Å². The number of hydrogen-bond donors (Lipinski definition) is 1. The lowest BCUT2D eigenvalue weighted by Crippen LogP contribution is -2.44. The topological polar surface area (TPSA) is 33.1 Å². The maximum atomic E-state index is 10.6. The van der Waals surface area contributed by atoms with Gasteiger partial charge in [-0.1, -0.05) is 13.8 Å². The second-order valence-electron chi connectivity index (χ2n) is 5.59. The van der Waals surface area contributed by atoms with Crippen molar-refractivity contribution in [2.24, 2.45) is 5.41 Å². The van der Waals surface area contributed by atoms with E-state index in [9.17, 15) is 5.11 Å². The maximum Gasteiger partial charge on any atom is 0.0897 e. The Morgan fingerprint density at radius 1 is 1.44 bits per heavy atom. The minimum atomic E-state index is -0.563. The van der Waals surface area contributed by atoms with E-state index in [-0.39, 0.29) is 5.41 Å². The number of aryl methyl sites for hydroxylation is 1. The molecule has 0 bridgehead atoms. The van der Waals surface area contributed by atoms with Crippen molar-refractivity contribution < 1.29 is 5.11 Å². The van der Waals surface area contributed by atoms with Crippen molar-refractivity contribution in [2.75, 3.05) is 11.5 Å². The molecule has 1 atom stereocenters. The van der Waals surface area contributed by atoms with E-state index >= 15 is 0 Å². The normalized spacial score (nSPS) is 29.2. The number of nitrogens with zero attached hydrogens (tertiary/aromatic N) is 1. The highest BCUT2D eigenvalue weighted by atomic mass is 32.2. The molecule has 1 fully saturated rings. The van der Waals surface area contributed by atoms with Gasteiger partial charge < -0.3 is 5.11 Å². The molecule has 16 heavy (non-hydrogen) atoms. The molecular weight excluding hydrogens is 238 g/mol. The van der Waals surface area contributed by atoms with Gasteiger partial charge in [-0.2, -0.15) is 11.8 Å². The predicted octanol–water partition coefficient (Wildman–Crippen LogP) is 2.89. The molecule has 0 aromatic carbocycles. The van der Waals surface area contributed by atoms with Gasteiger partial charge in [-0.05, 0) is 24.5 Å². The lowest BCUT2D eigenvalue weighted by Gasteiger charge is -2.40. The molecule has 1 N–H and O–H groups in total. The molecule has 90 valence electrons. The molecule has 1 saturated heterocycles. The zero-order valence-corrected chi connectivity index (χ0v) is 11.7. The lowest BCUT2D eigenvalue weighted by molar-refractivity contribution is 0.0193. The van der Waals surface area contributed by atoms with Gasteiger partial charge in [0.05, 0.1) is 16.3 Å². The van der Waals surface area contributed by atoms with Crippen LogP contribution in [0.2, 0.25) is 0 Å². The van der Waals surface area contributed by atoms with Crippen molar-refractivity contribution >= 4 is 23.1 Å². The van der Waals surface area contributed by atoms with E-state index < -0.39 is 5.60 Å². The Balaban J connectivity index is 2.07. The van der Waals surface area contributed by atoms with Gasteiger partial charge in [-0.25, -0.2) is 4.98 Å². The van der Waals surface area contributed by atoms with Crippen LogP contribution in [-0.4, -0.2) is 27.2 Å². The number of thioether (sulfide) groups is 1. The van der Waals surface area contributed by atoms with Gasteiger partial charge in [-0.3, -0.25) is 0 Å². The maximum absolute atomic E-state index is 10.6. The number of aromatic nitrogens is 1. The molecule has 0 radical (unpaired) electrons. The zero-order valence-electron chi connectivity index (χ0n) is 10.1. The van der Waals surface area contributed by atoms with Gasteiger partial charge in [0, 0.05) is 17.6 Å². The fourth-order valence-corrected chi connectivity index (χ4v) is 4.40. The summed E-state index contributed by atoms with van der Waals surface area (Å²) >= 11 is 3.52. The number of thiazole rings is 1. The van der Waals surface area contributed by atoms with Crippen molar-refractivity contribution in [3.8, 4) is 0 Å². The Morgan fingerprint density at radius 3 is 2.75 bits per heavy atom. The third kappa shape index (κ3) is 2.99. The summed E-state index contributed by atoms with van der Waals surface area (Å²) in [5.41, 5.74) is 0.721. The molecule has 0 aliphatic carbocycles. The third-order valence-electron chi connectivity index (χ3n) is 2.85. The molecule has 0 spiro atoms. The van der Waals surface area contributed by atoms with Crippen molar-refractivity contribution in [2.45, 2.75) is 39.2 Å². The minimum Gasteiger partial charge on any atom is -0.389 e. The molecule has 2 rings (SSSR count). The van der Waals surface area contributed by atoms with Crippen LogP contribution < -0.4 is 0 Å². The van der Waals surface area contributed by atoms with Crippen LogP contribution in [0.1, 0.15) is 31.0 Å². The predicted molar refractivity (Wildman–Crippen MR) is 71.2 cm³/mol. The first kappa shape index (κ1) is 12.4. The van der Waals surface area contributed by atoms with E-state index in [4.69, 9.17) is 0 Å². The monoisotopic (exact) mass is 257 g/mol. The van der Waals surface area contributed by atoms with Crippen LogP contribution in [0.4, 0.5) is 0 Å². The van der Waals surface area contributed by atoms with Crippen molar-refractivity contribution in [1.29, 1.82) is 0 Å². The molecule has 1 aliphatic heterocycles. The molecule has 0 saturated carbocycles. The second kappa shape index (κ2) is 4.31. The van der Waals surface area contributed by atoms with Crippen LogP contribution in [0, 0.1) is 12.3 Å². The van der Waals surface area contributed by atoms with Crippen LogP contribution in [0.25, 0.3) is 0 Å². The van der Waals surface area contributed by atoms with Crippen LogP contribution in [-0.2, 0) is 6.42 Å². The van der Waals surface area contributed by atoms with Gasteiger partial charge >= 0.3 is 0 Å². The van der Waals surface area contributed by atoms with Crippen molar-refractivity contribution in [1.82, 2.24) is 4.98 Å². The van der Waals surface area contributed by atoms with Gasteiger partial charge in [0.2, 0.25) is 0 Å². The SMILES string of the molecule is Cc1nc(CC2(O)CSCC(C)(C)C2)cs1. The summed E-state index contributed by atoms with van der Waals surface area (Å²) < 4.78 is 0. The number of hydrogen-bond acceptors (Lipinski definition) is 4. The van der Waals surface area contributed by atoms with Crippen LogP contribution in [0.15, 0.2) is 5.38 Å². The Hall–Kier alpha value is -0.0600. The molecule has 2 nitrogen and oxygen atoms in total. The standard InChI is InChI=1S/C12H19NOS2/c1-9-13-10(5-16-9)4-12(14)6-11(2,3)7-15-8-12/h5,14H,4,6-8H2,1-3H3. The Bertz CT molecular complexity index is 375. The van der Waals surface area contributed by atoms with E-state index in [1.165, 1.54) is 0 Å². The lowest BCUT2D eigenvalue weighted by atomic mass is 9.80. The largest absolute Gasteiger partial charge is 0.389 e. The minimum absolute atomic E-state index is 0.239. The average molecular weight is 257 g/mol. The smallest absolute Gasteiger partial charge is 0.0897 e. The summed E-state index contributed by atoms with van der Waals surface area (Å²) in [6.45, 7) is 6.48. The summed E-state index contributed by atoms with van der Waals surface area (Å²) in [5.74, 6) is 1.98. The van der Waals surface area contributed by atoms with E-state index in [2.05, 4.69) is 24.2 Å². The summed E-state index contributed by atoms with van der Waals surface area (Å²) in [6.07, 6.45) is 1.58. The van der Waals surface area contributed by atoms with Gasteiger partial charge in [0.15, 0.2) is 0 Å². The fraction of sp³-hybridized carbons (Fsp3) is 0.750. The molecule has 4 heteroatoms. The summed E-state index contributed by atoms with van der Waals surface area (Å²) in [5, 5.41) is 13.8. The Labute approximate surface area is 105 Å². The van der Waals surface area contributed by atoms with E-state index in [0.29, 0.717) is 6.42 Å². The van der Waals surface area contributed by atoms with Gasteiger partial charge in [-0.15, -0.1) is 11.3 Å². The van der Waals surface area contributed by atoms with Crippen LogP contribution >= 0.6 is 23.1 Å². The first-order valence-corrected chi connectivity index (χ1v) is 7.63. The molecule has 0 amide bonds. The Morgan fingerprint density at radius 2 is 2.19 bits per heavy atom. The fourth-order valence-electron chi connectivity index (χ4n) is 2.45. The Kier molecular flexibility index (Phi) is 3.34. The van der Waals surface area contributed by atoms with Crippen LogP contribution in [0.5, 0.6) is 0 Å². The molecule has 1 aromatic heterocycles. The number of rotatable bonds is 2. The van der Waals surface area contributed by atoms with E-state index in [0.717, 1.165) is 28.6 Å².